The predicted octanol–water partition coefficient (Wildman–Crippen LogP) is 0.308. The first-order valence-corrected chi connectivity index (χ1v) is 7.63. The molecule has 1 rings (SSSR count). The molecule has 1 unspecified atom stereocenters. The lowest BCUT2D eigenvalue weighted by atomic mass is 10.1. The van der Waals surface area contributed by atoms with E-state index in [-0.39, 0.29) is 18.0 Å². The van der Waals surface area contributed by atoms with E-state index < -0.39 is 16.8 Å². The Balaban J connectivity index is 2.17. The van der Waals surface area contributed by atoms with Gasteiger partial charge >= 0.3 is 12.0 Å². The topological polar surface area (TPSA) is 95.5 Å². The fraction of sp³-hybridized carbons (Fsp3) is 0.818. The Morgan fingerprint density at radius 1 is 1.39 bits per heavy atom. The molecule has 0 aromatic heterocycles. The zero-order valence-corrected chi connectivity index (χ0v) is 11.3. The Bertz CT molecular complexity index is 335. The van der Waals surface area contributed by atoms with Crippen LogP contribution in [0.1, 0.15) is 26.2 Å². The number of rotatable bonds is 6. The van der Waals surface area contributed by atoms with Gasteiger partial charge in [0.2, 0.25) is 0 Å². The van der Waals surface area contributed by atoms with Crippen molar-refractivity contribution in [1.29, 1.82) is 0 Å². The van der Waals surface area contributed by atoms with E-state index >= 15 is 0 Å². The SMILES string of the molecule is CCS(=O)CCNC(=O)N[C@H]1CC[C@@H](C(=O)O)C1. The fourth-order valence-corrected chi connectivity index (χ4v) is 2.61. The number of carboxylic acid groups (broad SMARTS) is 1. The van der Waals surface area contributed by atoms with Crippen molar-refractivity contribution >= 4 is 22.8 Å². The summed E-state index contributed by atoms with van der Waals surface area (Å²) in [4.78, 5) is 22.2. The Kier molecular flexibility index (Phi) is 6.11. The van der Waals surface area contributed by atoms with Gasteiger partial charge in [0.05, 0.1) is 5.92 Å². The Morgan fingerprint density at radius 2 is 2.11 bits per heavy atom. The summed E-state index contributed by atoms with van der Waals surface area (Å²) in [5.74, 6) is -0.0978. The summed E-state index contributed by atoms with van der Waals surface area (Å²) in [6, 6.07) is -0.373. The van der Waals surface area contributed by atoms with Crippen LogP contribution in [0.5, 0.6) is 0 Å². The van der Waals surface area contributed by atoms with Crippen LogP contribution in [0.4, 0.5) is 4.79 Å². The monoisotopic (exact) mass is 276 g/mol. The number of aliphatic carboxylic acids is 1. The highest BCUT2D eigenvalue weighted by Crippen LogP contribution is 2.25. The zero-order valence-electron chi connectivity index (χ0n) is 10.5. The van der Waals surface area contributed by atoms with Gasteiger partial charge in [-0.15, -0.1) is 0 Å². The second-order valence-electron chi connectivity index (χ2n) is 4.38. The van der Waals surface area contributed by atoms with Crippen LogP contribution in [0.2, 0.25) is 0 Å². The van der Waals surface area contributed by atoms with E-state index in [4.69, 9.17) is 5.11 Å². The van der Waals surface area contributed by atoms with E-state index in [9.17, 15) is 13.8 Å². The largest absolute Gasteiger partial charge is 0.481 e. The lowest BCUT2D eigenvalue weighted by Gasteiger charge is -2.13. The number of hydrogen-bond acceptors (Lipinski definition) is 3. The van der Waals surface area contributed by atoms with Crippen molar-refractivity contribution in [1.82, 2.24) is 10.6 Å². The smallest absolute Gasteiger partial charge is 0.315 e. The summed E-state index contributed by atoms with van der Waals surface area (Å²) in [6.07, 6.45) is 1.80. The second-order valence-corrected chi connectivity index (χ2v) is 6.24. The molecule has 1 saturated carbocycles. The molecule has 0 saturated heterocycles. The highest BCUT2D eigenvalue weighted by atomic mass is 32.2. The van der Waals surface area contributed by atoms with Gasteiger partial charge in [-0.2, -0.15) is 0 Å². The summed E-state index contributed by atoms with van der Waals surface area (Å²) in [6.45, 7) is 2.21. The molecule has 2 amide bonds. The van der Waals surface area contributed by atoms with Gasteiger partial charge in [0, 0.05) is 34.9 Å². The van der Waals surface area contributed by atoms with Crippen LogP contribution in [0.25, 0.3) is 0 Å². The van der Waals surface area contributed by atoms with Crippen molar-refractivity contribution in [2.24, 2.45) is 5.92 Å². The van der Waals surface area contributed by atoms with Gasteiger partial charge in [0.25, 0.3) is 0 Å². The van der Waals surface area contributed by atoms with Crippen LogP contribution in [0.3, 0.4) is 0 Å². The average Bonchev–Trinajstić information content (AvgIpc) is 2.77. The standard InChI is InChI=1S/C11H20N2O4S/c1-2-18(17)6-5-12-11(16)13-9-4-3-8(7-9)10(14)15/h8-9H,2-7H2,1H3,(H,14,15)(H2,12,13,16)/t8-,9+,18?/m1/s1. The molecule has 6 nitrogen and oxygen atoms in total. The lowest BCUT2D eigenvalue weighted by Crippen LogP contribution is -2.42. The molecular weight excluding hydrogens is 256 g/mol. The molecule has 0 heterocycles. The van der Waals surface area contributed by atoms with E-state index in [0.717, 1.165) is 0 Å². The van der Waals surface area contributed by atoms with E-state index in [1.54, 1.807) is 0 Å². The van der Waals surface area contributed by atoms with Crippen LogP contribution in [-0.2, 0) is 15.6 Å². The van der Waals surface area contributed by atoms with Crippen LogP contribution >= 0.6 is 0 Å². The summed E-state index contributed by atoms with van der Waals surface area (Å²) < 4.78 is 11.1. The van der Waals surface area contributed by atoms with E-state index in [1.165, 1.54) is 0 Å². The Hall–Kier alpha value is -1.11. The van der Waals surface area contributed by atoms with E-state index in [1.807, 2.05) is 6.92 Å². The molecule has 0 spiro atoms. The number of amides is 2. The molecule has 0 radical (unpaired) electrons. The summed E-state index contributed by atoms with van der Waals surface area (Å²) in [5, 5.41) is 14.2. The molecule has 3 N–H and O–H groups in total. The third kappa shape index (κ3) is 5.03. The van der Waals surface area contributed by atoms with E-state index in [2.05, 4.69) is 10.6 Å². The van der Waals surface area contributed by atoms with Crippen molar-refractivity contribution in [3.63, 3.8) is 0 Å². The molecule has 1 fully saturated rings. The Morgan fingerprint density at radius 3 is 2.67 bits per heavy atom. The van der Waals surface area contributed by atoms with Gasteiger partial charge in [0.15, 0.2) is 0 Å². The lowest BCUT2D eigenvalue weighted by molar-refractivity contribution is -0.141. The van der Waals surface area contributed by atoms with Crippen molar-refractivity contribution in [3.8, 4) is 0 Å². The van der Waals surface area contributed by atoms with Gasteiger partial charge < -0.3 is 15.7 Å². The fourth-order valence-electron chi connectivity index (χ4n) is 2.00. The first kappa shape index (κ1) is 14.9. The number of carboxylic acids is 1. The summed E-state index contributed by atoms with van der Waals surface area (Å²) in [5.41, 5.74) is 0. The number of carbonyl (C=O) groups is 2. The van der Waals surface area contributed by atoms with Crippen LogP contribution in [-0.4, -0.2) is 45.4 Å². The molecule has 0 aliphatic heterocycles. The number of carbonyl (C=O) groups excluding carboxylic acids is 1. The maximum atomic E-state index is 11.5. The minimum Gasteiger partial charge on any atom is -0.481 e. The van der Waals surface area contributed by atoms with Gasteiger partial charge in [-0.25, -0.2) is 4.79 Å². The highest BCUT2D eigenvalue weighted by Gasteiger charge is 2.30. The predicted molar refractivity (Wildman–Crippen MR) is 68.8 cm³/mol. The third-order valence-electron chi connectivity index (χ3n) is 3.05. The minimum atomic E-state index is -0.879. The molecule has 18 heavy (non-hydrogen) atoms. The van der Waals surface area contributed by atoms with Crippen molar-refractivity contribution in [2.75, 3.05) is 18.1 Å². The molecular formula is C11H20N2O4S. The molecule has 1 aliphatic rings. The summed E-state index contributed by atoms with van der Waals surface area (Å²) >= 11 is 0. The van der Waals surface area contributed by atoms with Gasteiger partial charge in [-0.3, -0.25) is 9.00 Å². The molecule has 0 aromatic carbocycles. The van der Waals surface area contributed by atoms with Gasteiger partial charge in [-0.1, -0.05) is 6.92 Å². The first-order valence-electron chi connectivity index (χ1n) is 6.15. The van der Waals surface area contributed by atoms with Gasteiger partial charge in [-0.05, 0) is 19.3 Å². The van der Waals surface area contributed by atoms with Gasteiger partial charge in [0.1, 0.15) is 0 Å². The molecule has 3 atom stereocenters. The molecule has 1 aliphatic carbocycles. The second kappa shape index (κ2) is 7.35. The molecule has 7 heteroatoms. The minimum absolute atomic E-state index is 0.0669. The molecule has 0 aromatic rings. The summed E-state index contributed by atoms with van der Waals surface area (Å²) in [7, 11) is -0.879. The average molecular weight is 276 g/mol. The number of hydrogen-bond donors (Lipinski definition) is 3. The van der Waals surface area contributed by atoms with E-state index in [0.29, 0.717) is 37.3 Å². The molecule has 0 bridgehead atoms. The quantitative estimate of drug-likeness (QED) is 0.650. The Labute approximate surface area is 109 Å². The third-order valence-corrected chi connectivity index (χ3v) is 4.36. The highest BCUT2D eigenvalue weighted by molar-refractivity contribution is 7.84. The van der Waals surface area contributed by atoms with Crippen molar-refractivity contribution in [2.45, 2.75) is 32.2 Å². The molecule has 104 valence electrons. The van der Waals surface area contributed by atoms with Crippen molar-refractivity contribution < 1.29 is 18.9 Å². The normalized spacial score (nSPS) is 24.5. The first-order chi connectivity index (χ1) is 8.52. The van der Waals surface area contributed by atoms with Crippen LogP contribution < -0.4 is 10.6 Å². The number of nitrogens with one attached hydrogen (secondary N) is 2. The van der Waals surface area contributed by atoms with Crippen LogP contribution in [0.15, 0.2) is 0 Å². The maximum absolute atomic E-state index is 11.5. The zero-order chi connectivity index (χ0) is 13.5. The number of urea groups is 1. The maximum Gasteiger partial charge on any atom is 0.315 e. The van der Waals surface area contributed by atoms with Crippen LogP contribution in [0, 0.1) is 5.92 Å². The van der Waals surface area contributed by atoms with Crippen molar-refractivity contribution in [3.05, 3.63) is 0 Å².